The van der Waals surface area contributed by atoms with Crippen molar-refractivity contribution in [3.63, 3.8) is 0 Å². The maximum atomic E-state index is 12.1. The van der Waals surface area contributed by atoms with E-state index in [1.165, 1.54) is 12.8 Å². The normalized spacial score (nSPS) is 17.9. The van der Waals surface area contributed by atoms with Crippen LogP contribution in [0.1, 0.15) is 25.3 Å². The van der Waals surface area contributed by atoms with Crippen LogP contribution in [0.5, 0.6) is 0 Å². The number of benzene rings is 2. The molecule has 20 heavy (non-hydrogen) atoms. The lowest BCUT2D eigenvalue weighted by Crippen LogP contribution is -2.51. The fourth-order valence-corrected chi connectivity index (χ4v) is 2.65. The van der Waals surface area contributed by atoms with Gasteiger partial charge in [0.2, 0.25) is 5.91 Å². The zero-order chi connectivity index (χ0) is 14.2. The number of carbonyl (C=O) groups is 1. The van der Waals surface area contributed by atoms with Crippen molar-refractivity contribution in [2.24, 2.45) is 11.7 Å². The number of nitrogens with two attached hydrogens (primary N) is 1. The summed E-state index contributed by atoms with van der Waals surface area (Å²) in [6.07, 6.45) is 2.49. The summed E-state index contributed by atoms with van der Waals surface area (Å²) in [4.78, 5) is 12.1. The van der Waals surface area contributed by atoms with Crippen molar-refractivity contribution in [3.05, 3.63) is 48.0 Å². The summed E-state index contributed by atoms with van der Waals surface area (Å²) in [6.45, 7) is 2.74. The highest BCUT2D eigenvalue weighted by atomic mass is 16.1. The second-order valence-corrected chi connectivity index (χ2v) is 5.84. The van der Waals surface area contributed by atoms with E-state index in [0.717, 1.165) is 22.9 Å². The molecule has 1 aliphatic rings. The Balaban J connectivity index is 2.06. The van der Waals surface area contributed by atoms with Crippen LogP contribution in [0.3, 0.4) is 0 Å². The van der Waals surface area contributed by atoms with E-state index in [2.05, 4.69) is 17.4 Å². The van der Waals surface area contributed by atoms with Gasteiger partial charge >= 0.3 is 0 Å². The lowest BCUT2D eigenvalue weighted by Gasteiger charge is -2.29. The van der Waals surface area contributed by atoms with Crippen LogP contribution < -0.4 is 11.1 Å². The van der Waals surface area contributed by atoms with Gasteiger partial charge in [0.15, 0.2) is 0 Å². The molecule has 0 aliphatic heterocycles. The number of primary amides is 1. The van der Waals surface area contributed by atoms with Crippen molar-refractivity contribution >= 4 is 16.7 Å². The summed E-state index contributed by atoms with van der Waals surface area (Å²) in [7, 11) is 0. The predicted molar refractivity (Wildman–Crippen MR) is 81.2 cm³/mol. The molecule has 3 heteroatoms. The number of carbonyl (C=O) groups excluding carboxylic acids is 1. The number of amides is 1. The third-order valence-corrected chi connectivity index (χ3v) is 4.26. The van der Waals surface area contributed by atoms with Crippen molar-refractivity contribution in [2.75, 3.05) is 6.54 Å². The molecule has 3 rings (SSSR count). The molecule has 1 saturated carbocycles. The smallest absolute Gasteiger partial charge is 0.242 e. The first kappa shape index (κ1) is 13.1. The van der Waals surface area contributed by atoms with E-state index >= 15 is 0 Å². The second kappa shape index (κ2) is 4.91. The van der Waals surface area contributed by atoms with Gasteiger partial charge in [-0.3, -0.25) is 10.1 Å². The Bertz CT molecular complexity index is 643. The molecule has 0 heterocycles. The average molecular weight is 268 g/mol. The molecule has 0 aromatic heterocycles. The highest BCUT2D eigenvalue weighted by Crippen LogP contribution is 2.32. The zero-order valence-electron chi connectivity index (χ0n) is 11.7. The van der Waals surface area contributed by atoms with Crippen LogP contribution in [0, 0.1) is 5.92 Å². The van der Waals surface area contributed by atoms with Gasteiger partial charge in [-0.15, -0.1) is 0 Å². The predicted octanol–water partition coefficient (Wildman–Crippen LogP) is 2.54. The summed E-state index contributed by atoms with van der Waals surface area (Å²) in [5.74, 6) is 0.373. The topological polar surface area (TPSA) is 55.1 Å². The van der Waals surface area contributed by atoms with Gasteiger partial charge in [0.1, 0.15) is 5.54 Å². The van der Waals surface area contributed by atoms with E-state index in [1.54, 1.807) is 0 Å². The Morgan fingerprint density at radius 3 is 2.65 bits per heavy atom. The number of rotatable bonds is 5. The largest absolute Gasteiger partial charge is 0.368 e. The summed E-state index contributed by atoms with van der Waals surface area (Å²) >= 11 is 0. The van der Waals surface area contributed by atoms with Crippen LogP contribution in [0.15, 0.2) is 42.5 Å². The molecule has 0 spiro atoms. The third kappa shape index (κ3) is 2.29. The zero-order valence-corrected chi connectivity index (χ0v) is 11.7. The lowest BCUT2D eigenvalue weighted by molar-refractivity contribution is -0.124. The van der Waals surface area contributed by atoms with Gasteiger partial charge in [-0.25, -0.2) is 0 Å². The Kier molecular flexibility index (Phi) is 3.22. The van der Waals surface area contributed by atoms with Crippen LogP contribution >= 0.6 is 0 Å². The average Bonchev–Trinajstić information content (AvgIpc) is 3.28. The molecule has 1 amide bonds. The van der Waals surface area contributed by atoms with Gasteiger partial charge < -0.3 is 5.73 Å². The molecule has 0 bridgehead atoms. The molecule has 1 fully saturated rings. The molecule has 1 aliphatic carbocycles. The Morgan fingerprint density at radius 1 is 1.25 bits per heavy atom. The number of nitrogens with one attached hydrogen (secondary N) is 1. The van der Waals surface area contributed by atoms with Crippen molar-refractivity contribution in [1.82, 2.24) is 5.32 Å². The van der Waals surface area contributed by atoms with Crippen molar-refractivity contribution in [1.29, 1.82) is 0 Å². The highest BCUT2D eigenvalue weighted by Gasteiger charge is 2.36. The Labute approximate surface area is 119 Å². The number of fused-ring (bicyclic) bond motifs is 1. The Hall–Kier alpha value is -1.87. The fraction of sp³-hybridized carbons (Fsp3) is 0.353. The van der Waals surface area contributed by atoms with E-state index in [1.807, 2.05) is 37.3 Å². The molecule has 0 radical (unpaired) electrons. The molecular weight excluding hydrogens is 248 g/mol. The summed E-state index contributed by atoms with van der Waals surface area (Å²) < 4.78 is 0. The van der Waals surface area contributed by atoms with E-state index in [9.17, 15) is 4.79 Å². The van der Waals surface area contributed by atoms with Crippen LogP contribution in [0.2, 0.25) is 0 Å². The summed E-state index contributed by atoms with van der Waals surface area (Å²) in [6, 6.07) is 14.1. The van der Waals surface area contributed by atoms with E-state index < -0.39 is 5.54 Å². The molecule has 2 aromatic carbocycles. The number of hydrogen-bond acceptors (Lipinski definition) is 2. The van der Waals surface area contributed by atoms with E-state index in [0.29, 0.717) is 5.92 Å². The van der Waals surface area contributed by atoms with Gasteiger partial charge in [-0.05, 0) is 48.6 Å². The van der Waals surface area contributed by atoms with Crippen molar-refractivity contribution in [3.8, 4) is 0 Å². The first-order chi connectivity index (χ1) is 9.61. The first-order valence-corrected chi connectivity index (χ1v) is 7.14. The van der Waals surface area contributed by atoms with E-state index in [4.69, 9.17) is 5.73 Å². The molecule has 3 N–H and O–H groups in total. The lowest BCUT2D eigenvalue weighted by atomic mass is 9.87. The SMILES string of the molecule is CC(NCC1CC1)(C(N)=O)c1cccc2ccccc12. The molecule has 0 saturated heterocycles. The van der Waals surface area contributed by atoms with Crippen LogP contribution in [0.4, 0.5) is 0 Å². The third-order valence-electron chi connectivity index (χ3n) is 4.26. The van der Waals surface area contributed by atoms with Crippen molar-refractivity contribution < 1.29 is 4.79 Å². The van der Waals surface area contributed by atoms with Crippen LogP contribution in [-0.4, -0.2) is 12.5 Å². The second-order valence-electron chi connectivity index (χ2n) is 5.84. The minimum Gasteiger partial charge on any atom is -0.368 e. The summed E-state index contributed by atoms with van der Waals surface area (Å²) in [5, 5.41) is 5.60. The monoisotopic (exact) mass is 268 g/mol. The molecular formula is C17H20N2O. The minimum absolute atomic E-state index is 0.325. The molecule has 104 valence electrons. The quantitative estimate of drug-likeness (QED) is 0.875. The van der Waals surface area contributed by atoms with Gasteiger partial charge in [-0.2, -0.15) is 0 Å². The van der Waals surface area contributed by atoms with Gasteiger partial charge in [-0.1, -0.05) is 42.5 Å². The van der Waals surface area contributed by atoms with E-state index in [-0.39, 0.29) is 5.91 Å². The highest BCUT2D eigenvalue weighted by molar-refractivity contribution is 5.94. The van der Waals surface area contributed by atoms with Gasteiger partial charge in [0.25, 0.3) is 0 Å². The van der Waals surface area contributed by atoms with Crippen LogP contribution in [-0.2, 0) is 10.3 Å². The van der Waals surface area contributed by atoms with Gasteiger partial charge in [0.05, 0.1) is 0 Å². The molecule has 3 nitrogen and oxygen atoms in total. The maximum Gasteiger partial charge on any atom is 0.242 e. The summed E-state index contributed by atoms with van der Waals surface area (Å²) in [5.41, 5.74) is 5.84. The maximum absolute atomic E-state index is 12.1. The standard InChI is InChI=1S/C17H20N2O/c1-17(16(18)20,19-11-12-9-10-12)15-8-4-6-13-5-2-3-7-14(13)15/h2-8,12,19H,9-11H2,1H3,(H2,18,20). The van der Waals surface area contributed by atoms with Crippen LogP contribution in [0.25, 0.3) is 10.8 Å². The molecule has 2 aromatic rings. The first-order valence-electron chi connectivity index (χ1n) is 7.14. The minimum atomic E-state index is -0.816. The molecule has 1 unspecified atom stereocenters. The van der Waals surface area contributed by atoms with Crippen molar-refractivity contribution in [2.45, 2.75) is 25.3 Å². The fourth-order valence-electron chi connectivity index (χ4n) is 2.65. The number of hydrogen-bond donors (Lipinski definition) is 2. The van der Waals surface area contributed by atoms with Gasteiger partial charge in [0, 0.05) is 0 Å². The molecule has 1 atom stereocenters. The Morgan fingerprint density at radius 2 is 1.95 bits per heavy atom.